The lowest BCUT2D eigenvalue weighted by atomic mass is 10.0. The Bertz CT molecular complexity index is 1610. The Balaban J connectivity index is 1.33. The van der Waals surface area contributed by atoms with Crippen molar-refractivity contribution in [1.29, 1.82) is 0 Å². The Morgan fingerprint density at radius 2 is 1.71 bits per heavy atom. The van der Waals surface area contributed by atoms with Gasteiger partial charge in [0.15, 0.2) is 0 Å². The quantitative estimate of drug-likeness (QED) is 0.273. The summed E-state index contributed by atoms with van der Waals surface area (Å²) in [5.74, 6) is -0.684. The van der Waals surface area contributed by atoms with E-state index in [0.29, 0.717) is 28.2 Å². The molecular weight excluding hydrogens is 486 g/mol. The van der Waals surface area contributed by atoms with Gasteiger partial charge in [0.05, 0.1) is 11.9 Å². The topological polar surface area (TPSA) is 69.0 Å². The molecule has 190 valence electrons. The molecule has 0 spiro atoms. The molecule has 8 heteroatoms. The van der Waals surface area contributed by atoms with Crippen molar-refractivity contribution in [3.05, 3.63) is 120 Å². The van der Waals surface area contributed by atoms with Gasteiger partial charge < -0.3 is 10.1 Å². The van der Waals surface area contributed by atoms with E-state index in [2.05, 4.69) is 15.4 Å². The Labute approximate surface area is 218 Å². The van der Waals surface area contributed by atoms with Crippen molar-refractivity contribution in [2.24, 2.45) is 7.05 Å². The van der Waals surface area contributed by atoms with E-state index in [9.17, 15) is 13.6 Å². The van der Waals surface area contributed by atoms with E-state index in [1.54, 1.807) is 42.1 Å². The molecule has 2 aromatic heterocycles. The van der Waals surface area contributed by atoms with Crippen molar-refractivity contribution < 1.29 is 18.3 Å². The summed E-state index contributed by atoms with van der Waals surface area (Å²) in [6, 6.07) is 19.9. The molecule has 0 saturated heterocycles. The molecule has 0 aliphatic carbocycles. The standard InChI is InChI=1S/C30H24F2N4O2/c1-19-27(30(37)34-16-20-11-24(31)14-25(32)12-20)7-4-8-29(19)38-26-9-10-33-28(15-26)22-6-3-5-21(13-22)23-17-35-36(2)18-23/h3-15,17-18H,16H2,1-2H3,(H,34,37). The molecule has 38 heavy (non-hydrogen) atoms. The maximum absolute atomic E-state index is 13.5. The van der Waals surface area contributed by atoms with Crippen LogP contribution in [-0.2, 0) is 13.6 Å². The van der Waals surface area contributed by atoms with Crippen molar-refractivity contribution in [2.75, 3.05) is 0 Å². The second-order valence-electron chi connectivity index (χ2n) is 8.85. The number of aromatic nitrogens is 3. The maximum atomic E-state index is 13.5. The van der Waals surface area contributed by atoms with Gasteiger partial charge in [0.1, 0.15) is 23.1 Å². The number of benzene rings is 3. The van der Waals surface area contributed by atoms with E-state index in [1.807, 2.05) is 49.8 Å². The van der Waals surface area contributed by atoms with Gasteiger partial charge in [0.25, 0.3) is 5.91 Å². The highest BCUT2D eigenvalue weighted by Gasteiger charge is 2.14. The molecule has 0 fully saturated rings. The fourth-order valence-electron chi connectivity index (χ4n) is 4.15. The van der Waals surface area contributed by atoms with Crippen LogP contribution in [0.2, 0.25) is 0 Å². The van der Waals surface area contributed by atoms with Crippen LogP contribution in [0, 0.1) is 18.6 Å². The van der Waals surface area contributed by atoms with Crippen LogP contribution in [0.15, 0.2) is 91.4 Å². The van der Waals surface area contributed by atoms with Gasteiger partial charge in [-0.15, -0.1) is 0 Å². The molecule has 0 bridgehead atoms. The first-order valence-electron chi connectivity index (χ1n) is 11.9. The van der Waals surface area contributed by atoms with Gasteiger partial charge in [-0.1, -0.05) is 24.3 Å². The zero-order valence-corrected chi connectivity index (χ0v) is 20.8. The van der Waals surface area contributed by atoms with Crippen LogP contribution in [0.5, 0.6) is 11.5 Å². The number of nitrogens with one attached hydrogen (secondary N) is 1. The Morgan fingerprint density at radius 1 is 0.947 bits per heavy atom. The Morgan fingerprint density at radius 3 is 2.47 bits per heavy atom. The Kier molecular flexibility index (Phi) is 6.95. The summed E-state index contributed by atoms with van der Waals surface area (Å²) in [6.07, 6.45) is 5.44. The van der Waals surface area contributed by atoms with Crippen LogP contribution in [0.25, 0.3) is 22.4 Å². The van der Waals surface area contributed by atoms with Crippen LogP contribution < -0.4 is 10.1 Å². The minimum absolute atomic E-state index is 0.0101. The van der Waals surface area contributed by atoms with Gasteiger partial charge in [0.2, 0.25) is 0 Å². The predicted molar refractivity (Wildman–Crippen MR) is 141 cm³/mol. The number of aryl methyl sites for hydroxylation is 1. The number of halogens is 2. The van der Waals surface area contributed by atoms with Crippen LogP contribution in [0.3, 0.4) is 0 Å². The fraction of sp³-hybridized carbons (Fsp3) is 0.100. The summed E-state index contributed by atoms with van der Waals surface area (Å²) >= 11 is 0. The number of nitrogens with zero attached hydrogens (tertiary/aromatic N) is 3. The third-order valence-electron chi connectivity index (χ3n) is 6.06. The van der Waals surface area contributed by atoms with Gasteiger partial charge in [0, 0.05) is 60.4 Å². The minimum Gasteiger partial charge on any atom is -0.457 e. The van der Waals surface area contributed by atoms with Gasteiger partial charge in [-0.25, -0.2) is 8.78 Å². The molecule has 6 nitrogen and oxygen atoms in total. The van der Waals surface area contributed by atoms with Crippen LogP contribution >= 0.6 is 0 Å². The summed E-state index contributed by atoms with van der Waals surface area (Å²) in [7, 11) is 1.88. The van der Waals surface area contributed by atoms with Crippen LogP contribution in [0.4, 0.5) is 8.78 Å². The zero-order chi connectivity index (χ0) is 26.6. The molecule has 0 atom stereocenters. The summed E-state index contributed by atoms with van der Waals surface area (Å²) in [4.78, 5) is 17.3. The molecule has 0 aliphatic heterocycles. The third-order valence-corrected chi connectivity index (χ3v) is 6.06. The van der Waals surface area contributed by atoms with Crippen LogP contribution in [0.1, 0.15) is 21.5 Å². The number of ether oxygens (including phenoxy) is 1. The van der Waals surface area contributed by atoms with Gasteiger partial charge in [-0.3, -0.25) is 14.5 Å². The molecule has 2 heterocycles. The van der Waals surface area contributed by atoms with Crippen molar-refractivity contribution in [3.8, 4) is 33.9 Å². The number of pyridine rings is 1. The first-order chi connectivity index (χ1) is 18.4. The highest BCUT2D eigenvalue weighted by atomic mass is 19.1. The number of amides is 1. The molecule has 1 N–H and O–H groups in total. The SMILES string of the molecule is Cc1c(Oc2ccnc(-c3cccc(-c4cnn(C)c4)c3)c2)cccc1C(=O)NCc1cc(F)cc(F)c1. The second kappa shape index (κ2) is 10.6. The van der Waals surface area contributed by atoms with Crippen molar-refractivity contribution >= 4 is 5.91 Å². The summed E-state index contributed by atoms with van der Waals surface area (Å²) in [5, 5.41) is 6.95. The average molecular weight is 511 g/mol. The third kappa shape index (κ3) is 5.59. The maximum Gasteiger partial charge on any atom is 0.251 e. The van der Waals surface area contributed by atoms with Crippen molar-refractivity contribution in [3.63, 3.8) is 0 Å². The van der Waals surface area contributed by atoms with Gasteiger partial charge in [-0.05, 0) is 54.4 Å². The lowest BCUT2D eigenvalue weighted by Crippen LogP contribution is -2.23. The first-order valence-corrected chi connectivity index (χ1v) is 11.9. The smallest absolute Gasteiger partial charge is 0.251 e. The number of carbonyl (C=O) groups excluding carboxylic acids is 1. The summed E-state index contributed by atoms with van der Waals surface area (Å²) in [6.45, 7) is 1.77. The van der Waals surface area contributed by atoms with Crippen molar-refractivity contribution in [1.82, 2.24) is 20.1 Å². The van der Waals surface area contributed by atoms with Crippen LogP contribution in [-0.4, -0.2) is 20.7 Å². The number of rotatable bonds is 7. The lowest BCUT2D eigenvalue weighted by molar-refractivity contribution is 0.0949. The van der Waals surface area contributed by atoms with E-state index >= 15 is 0 Å². The van der Waals surface area contributed by atoms with E-state index in [0.717, 1.165) is 28.5 Å². The highest BCUT2D eigenvalue weighted by Crippen LogP contribution is 2.31. The largest absolute Gasteiger partial charge is 0.457 e. The molecule has 3 aromatic carbocycles. The van der Waals surface area contributed by atoms with E-state index < -0.39 is 11.6 Å². The lowest BCUT2D eigenvalue weighted by Gasteiger charge is -2.13. The average Bonchev–Trinajstić information content (AvgIpc) is 3.34. The minimum atomic E-state index is -0.693. The predicted octanol–water partition coefficient (Wildman–Crippen LogP) is 6.46. The highest BCUT2D eigenvalue weighted by molar-refractivity contribution is 5.96. The molecule has 1 amide bonds. The summed E-state index contributed by atoms with van der Waals surface area (Å²) < 4.78 is 34.8. The normalized spacial score (nSPS) is 10.8. The molecule has 0 saturated carbocycles. The van der Waals surface area contributed by atoms with Gasteiger partial charge >= 0.3 is 0 Å². The second-order valence-corrected chi connectivity index (χ2v) is 8.85. The molecule has 0 radical (unpaired) electrons. The zero-order valence-electron chi connectivity index (χ0n) is 20.8. The van der Waals surface area contributed by atoms with Gasteiger partial charge in [-0.2, -0.15) is 5.10 Å². The first kappa shape index (κ1) is 24.8. The number of carbonyl (C=O) groups is 1. The fourth-order valence-corrected chi connectivity index (χ4v) is 4.15. The molecule has 0 unspecified atom stereocenters. The summed E-state index contributed by atoms with van der Waals surface area (Å²) in [5.41, 5.74) is 5.06. The number of hydrogen-bond donors (Lipinski definition) is 1. The Hall–Kier alpha value is -4.85. The van der Waals surface area contributed by atoms with E-state index in [-0.39, 0.29) is 12.5 Å². The molecule has 5 rings (SSSR count). The monoisotopic (exact) mass is 510 g/mol. The van der Waals surface area contributed by atoms with E-state index in [4.69, 9.17) is 4.74 Å². The molecule has 0 aliphatic rings. The number of hydrogen-bond acceptors (Lipinski definition) is 4. The van der Waals surface area contributed by atoms with E-state index in [1.165, 1.54) is 12.1 Å². The molecular formula is C30H24F2N4O2. The van der Waals surface area contributed by atoms with Crippen molar-refractivity contribution in [2.45, 2.75) is 13.5 Å². The molecule has 5 aromatic rings.